The van der Waals surface area contributed by atoms with Crippen molar-refractivity contribution in [1.29, 1.82) is 0 Å². The third-order valence-electron chi connectivity index (χ3n) is 4.06. The molecule has 4 aromatic rings. The van der Waals surface area contributed by atoms with E-state index in [2.05, 4.69) is 25.7 Å². The number of rotatable bonds is 8. The first-order valence-electron chi connectivity index (χ1n) is 9.15. The highest BCUT2D eigenvalue weighted by atomic mass is 32.2. The molecule has 0 bridgehead atoms. The van der Waals surface area contributed by atoms with E-state index in [0.29, 0.717) is 22.7 Å². The summed E-state index contributed by atoms with van der Waals surface area (Å²) in [6.07, 6.45) is 0.0466. The first-order chi connectivity index (χ1) is 15.1. The minimum Gasteiger partial charge on any atom is -0.411 e. The van der Waals surface area contributed by atoms with E-state index in [9.17, 15) is 13.6 Å². The van der Waals surface area contributed by atoms with Crippen LogP contribution in [0.5, 0.6) is 0 Å². The lowest BCUT2D eigenvalue weighted by Crippen LogP contribution is -2.14. The zero-order valence-corrected chi connectivity index (χ0v) is 16.7. The molecular formula is C20H15F2N5O3S. The number of para-hydroxylation sites is 1. The summed E-state index contributed by atoms with van der Waals surface area (Å²) in [6, 6.07) is 12.7. The zero-order chi connectivity index (χ0) is 21.6. The Morgan fingerprint density at radius 1 is 1.03 bits per heavy atom. The number of carbonyl (C=O) groups excluding carboxylic acids is 1. The van der Waals surface area contributed by atoms with E-state index in [1.807, 2.05) is 30.3 Å². The van der Waals surface area contributed by atoms with Gasteiger partial charge in [0.25, 0.3) is 5.22 Å². The Morgan fingerprint density at radius 2 is 1.81 bits per heavy atom. The minimum absolute atomic E-state index is 0.0767. The predicted octanol–water partition coefficient (Wildman–Crippen LogP) is 4.26. The Bertz CT molecular complexity index is 1160. The normalized spacial score (nSPS) is 10.9. The molecule has 0 aliphatic heterocycles. The molecule has 4 rings (SSSR count). The van der Waals surface area contributed by atoms with Gasteiger partial charge in [-0.3, -0.25) is 4.79 Å². The fourth-order valence-electron chi connectivity index (χ4n) is 2.58. The Kier molecular flexibility index (Phi) is 6.32. The maximum absolute atomic E-state index is 13.6. The molecule has 2 heterocycles. The summed E-state index contributed by atoms with van der Waals surface area (Å²) >= 11 is 1.24. The lowest BCUT2D eigenvalue weighted by atomic mass is 10.2. The van der Waals surface area contributed by atoms with Crippen molar-refractivity contribution in [2.75, 3.05) is 5.32 Å². The number of halogens is 2. The quantitative estimate of drug-likeness (QED) is 0.403. The molecule has 0 spiro atoms. The van der Waals surface area contributed by atoms with Gasteiger partial charge < -0.3 is 14.3 Å². The highest BCUT2D eigenvalue weighted by Gasteiger charge is 2.15. The van der Waals surface area contributed by atoms with Crippen molar-refractivity contribution < 1.29 is 22.5 Å². The number of carbonyl (C=O) groups is 1. The number of benzene rings is 2. The van der Waals surface area contributed by atoms with Crippen molar-refractivity contribution in [2.45, 2.75) is 23.8 Å². The fraction of sp³-hybridized carbons (Fsp3) is 0.150. The van der Waals surface area contributed by atoms with E-state index in [1.165, 1.54) is 17.8 Å². The lowest BCUT2D eigenvalue weighted by Gasteiger charge is -2.06. The first kappa shape index (κ1) is 20.7. The van der Waals surface area contributed by atoms with Gasteiger partial charge in [-0.25, -0.2) is 8.78 Å². The molecule has 158 valence electrons. The van der Waals surface area contributed by atoms with Crippen LogP contribution in [0.1, 0.15) is 18.1 Å². The first-order valence-corrected chi connectivity index (χ1v) is 10.1. The van der Waals surface area contributed by atoms with Crippen molar-refractivity contribution in [3.8, 4) is 11.5 Å². The van der Waals surface area contributed by atoms with Crippen molar-refractivity contribution >= 4 is 23.4 Å². The second-order valence-electron chi connectivity index (χ2n) is 6.28. The molecule has 0 aliphatic rings. The van der Waals surface area contributed by atoms with Crippen LogP contribution < -0.4 is 5.32 Å². The molecule has 0 unspecified atom stereocenters. The smallest absolute Gasteiger partial charge is 0.277 e. The summed E-state index contributed by atoms with van der Waals surface area (Å²) in [4.78, 5) is 16.1. The number of aromatic nitrogens is 4. The van der Waals surface area contributed by atoms with E-state index in [1.54, 1.807) is 0 Å². The highest BCUT2D eigenvalue weighted by molar-refractivity contribution is 7.98. The molecule has 11 heteroatoms. The predicted molar refractivity (Wildman–Crippen MR) is 107 cm³/mol. The van der Waals surface area contributed by atoms with Gasteiger partial charge in [-0.2, -0.15) is 4.98 Å². The van der Waals surface area contributed by atoms with Crippen molar-refractivity contribution in [3.63, 3.8) is 0 Å². The van der Waals surface area contributed by atoms with E-state index in [0.717, 1.165) is 17.7 Å². The topological polar surface area (TPSA) is 107 Å². The Hall–Kier alpha value is -3.60. The number of nitrogens with one attached hydrogen (secondary N) is 1. The van der Waals surface area contributed by atoms with Gasteiger partial charge >= 0.3 is 0 Å². The van der Waals surface area contributed by atoms with Crippen molar-refractivity contribution in [3.05, 3.63) is 71.9 Å². The molecular weight excluding hydrogens is 428 g/mol. The molecule has 0 atom stereocenters. The average Bonchev–Trinajstić information content (AvgIpc) is 3.44. The Labute approximate surface area is 179 Å². The van der Waals surface area contributed by atoms with Crippen molar-refractivity contribution in [2.24, 2.45) is 0 Å². The number of thioether (sulfide) groups is 1. The molecule has 1 amide bonds. The van der Waals surface area contributed by atoms with Crippen LogP contribution in [0.15, 0.2) is 62.7 Å². The molecule has 0 radical (unpaired) electrons. The monoisotopic (exact) mass is 443 g/mol. The Morgan fingerprint density at radius 3 is 2.58 bits per heavy atom. The third kappa shape index (κ3) is 5.31. The van der Waals surface area contributed by atoms with Gasteiger partial charge in [0.2, 0.25) is 17.7 Å². The summed E-state index contributed by atoms with van der Waals surface area (Å²) in [5.41, 5.74) is 0.335. The zero-order valence-electron chi connectivity index (χ0n) is 15.9. The van der Waals surface area contributed by atoms with Crippen LogP contribution >= 0.6 is 11.8 Å². The molecule has 0 saturated heterocycles. The molecule has 1 N–H and O–H groups in total. The van der Waals surface area contributed by atoms with Gasteiger partial charge in [0.15, 0.2) is 5.82 Å². The van der Waals surface area contributed by atoms with E-state index >= 15 is 0 Å². The van der Waals surface area contributed by atoms with Gasteiger partial charge in [-0.05, 0) is 24.3 Å². The summed E-state index contributed by atoms with van der Waals surface area (Å²) in [6.45, 7) is 0. The summed E-state index contributed by atoms with van der Waals surface area (Å²) in [7, 11) is 0. The van der Waals surface area contributed by atoms with Gasteiger partial charge in [0.05, 0.1) is 5.75 Å². The van der Waals surface area contributed by atoms with E-state index in [4.69, 9.17) is 8.94 Å². The SMILES string of the molecule is O=C(CCc1nc(CSc2nnc(-c3ccccc3)o2)no1)Nc1c(F)cccc1F. The number of hydrogen-bond acceptors (Lipinski definition) is 8. The molecule has 0 aliphatic carbocycles. The third-order valence-corrected chi connectivity index (χ3v) is 4.87. The largest absolute Gasteiger partial charge is 0.411 e. The molecule has 0 saturated carbocycles. The van der Waals surface area contributed by atoms with Crippen LogP contribution in [0.3, 0.4) is 0 Å². The van der Waals surface area contributed by atoms with Crippen LogP contribution in [0, 0.1) is 11.6 Å². The molecule has 8 nitrogen and oxygen atoms in total. The van der Waals surface area contributed by atoms with Crippen LogP contribution in [-0.2, 0) is 17.0 Å². The lowest BCUT2D eigenvalue weighted by molar-refractivity contribution is -0.116. The fourth-order valence-corrected chi connectivity index (χ4v) is 3.19. The van der Waals surface area contributed by atoms with Crippen LogP contribution in [-0.4, -0.2) is 26.2 Å². The number of anilines is 1. The second-order valence-corrected chi connectivity index (χ2v) is 7.20. The van der Waals surface area contributed by atoms with Crippen LogP contribution in [0.2, 0.25) is 0 Å². The highest BCUT2D eigenvalue weighted by Crippen LogP contribution is 2.25. The van der Waals surface area contributed by atoms with Gasteiger partial charge in [0, 0.05) is 18.4 Å². The van der Waals surface area contributed by atoms with E-state index < -0.39 is 23.2 Å². The van der Waals surface area contributed by atoms with Crippen molar-refractivity contribution in [1.82, 2.24) is 20.3 Å². The summed E-state index contributed by atoms with van der Waals surface area (Å²) < 4.78 is 37.9. The maximum atomic E-state index is 13.6. The van der Waals surface area contributed by atoms with Gasteiger partial charge in [-0.1, -0.05) is 41.2 Å². The number of amides is 1. The molecule has 2 aromatic carbocycles. The minimum atomic E-state index is -0.845. The molecule has 31 heavy (non-hydrogen) atoms. The molecule has 2 aromatic heterocycles. The summed E-state index contributed by atoms with van der Waals surface area (Å²) in [5, 5.41) is 14.4. The Balaban J connectivity index is 1.27. The summed E-state index contributed by atoms with van der Waals surface area (Å²) in [5.74, 6) is -0.905. The van der Waals surface area contributed by atoms with Crippen LogP contribution in [0.4, 0.5) is 14.5 Å². The van der Waals surface area contributed by atoms with E-state index in [-0.39, 0.29) is 18.7 Å². The second kappa shape index (κ2) is 9.47. The maximum Gasteiger partial charge on any atom is 0.277 e. The number of hydrogen-bond donors (Lipinski definition) is 1. The standard InChI is InChI=1S/C20H15F2N5O3S/c21-13-7-4-8-14(22)18(13)24-16(28)9-10-17-23-15(27-30-17)11-31-20-26-25-19(29-20)12-5-2-1-3-6-12/h1-8H,9-11H2,(H,24,28). The number of nitrogens with zero attached hydrogens (tertiary/aromatic N) is 4. The van der Waals surface area contributed by atoms with Gasteiger partial charge in [-0.15, -0.1) is 10.2 Å². The number of aryl methyl sites for hydroxylation is 1. The average molecular weight is 443 g/mol. The van der Waals surface area contributed by atoms with Crippen LogP contribution in [0.25, 0.3) is 11.5 Å². The molecule has 0 fully saturated rings. The van der Waals surface area contributed by atoms with Gasteiger partial charge in [0.1, 0.15) is 17.3 Å².